The zero-order valence-corrected chi connectivity index (χ0v) is 16.3. The monoisotopic (exact) mass is 380 g/mol. The highest BCUT2D eigenvalue weighted by Crippen LogP contribution is 2.40. The number of ether oxygens (including phenoxy) is 2. The van der Waals surface area contributed by atoms with Crippen LogP contribution in [0.25, 0.3) is 0 Å². The summed E-state index contributed by atoms with van der Waals surface area (Å²) in [7, 11) is 0. The molecule has 2 unspecified atom stereocenters. The van der Waals surface area contributed by atoms with Crippen LogP contribution in [0, 0.1) is 23.5 Å². The topological polar surface area (TPSA) is 35.5 Å². The highest BCUT2D eigenvalue weighted by atomic mass is 19.2. The molecule has 3 nitrogen and oxygen atoms in total. The fraction of sp³-hybridized carbons (Fsp3) is 0.682. The summed E-state index contributed by atoms with van der Waals surface area (Å²) in [5.41, 5.74) is 0.472. The van der Waals surface area contributed by atoms with Gasteiger partial charge in [0.15, 0.2) is 11.6 Å². The van der Waals surface area contributed by atoms with Crippen LogP contribution >= 0.6 is 0 Å². The first-order valence-electron chi connectivity index (χ1n) is 10.3. The van der Waals surface area contributed by atoms with E-state index < -0.39 is 11.6 Å². The third-order valence-electron chi connectivity index (χ3n) is 6.16. The van der Waals surface area contributed by atoms with Crippen molar-refractivity contribution in [1.82, 2.24) is 0 Å². The molecule has 0 amide bonds. The van der Waals surface area contributed by atoms with Crippen LogP contribution in [-0.4, -0.2) is 18.7 Å². The number of hydrogen-bond acceptors (Lipinski definition) is 3. The number of benzene rings is 1. The van der Waals surface area contributed by atoms with Gasteiger partial charge in [-0.1, -0.05) is 6.07 Å². The van der Waals surface area contributed by atoms with Gasteiger partial charge >= 0.3 is 5.97 Å². The minimum absolute atomic E-state index is 0.0128. The molecule has 1 aromatic rings. The van der Waals surface area contributed by atoms with Gasteiger partial charge < -0.3 is 9.47 Å². The Morgan fingerprint density at radius 3 is 2.44 bits per heavy atom. The SMILES string of the molecule is CCOc1ccc(C2CCC(CCC3CCC(C)OC3=O)CC2)c(F)c1F. The Bertz CT molecular complexity index is 653. The van der Waals surface area contributed by atoms with Crippen molar-refractivity contribution >= 4 is 5.97 Å². The van der Waals surface area contributed by atoms with Crippen molar-refractivity contribution in [2.75, 3.05) is 6.61 Å². The number of halogens is 2. The number of carbonyl (C=O) groups is 1. The molecule has 3 rings (SSSR count). The summed E-state index contributed by atoms with van der Waals surface area (Å²) >= 11 is 0. The van der Waals surface area contributed by atoms with E-state index >= 15 is 0 Å². The van der Waals surface area contributed by atoms with Gasteiger partial charge in [0.05, 0.1) is 18.6 Å². The van der Waals surface area contributed by atoms with Crippen LogP contribution in [0.1, 0.15) is 76.7 Å². The van der Waals surface area contributed by atoms with Gasteiger partial charge in [-0.15, -0.1) is 0 Å². The van der Waals surface area contributed by atoms with Crippen LogP contribution in [0.5, 0.6) is 5.75 Å². The zero-order chi connectivity index (χ0) is 19.4. The highest BCUT2D eigenvalue weighted by molar-refractivity contribution is 5.73. The Labute approximate surface area is 160 Å². The molecule has 1 heterocycles. The van der Waals surface area contributed by atoms with Crippen molar-refractivity contribution in [2.24, 2.45) is 11.8 Å². The van der Waals surface area contributed by atoms with Crippen molar-refractivity contribution in [2.45, 2.75) is 77.2 Å². The van der Waals surface area contributed by atoms with Crippen LogP contribution in [-0.2, 0) is 9.53 Å². The Balaban J connectivity index is 1.50. The average Bonchev–Trinajstić information content (AvgIpc) is 2.66. The van der Waals surface area contributed by atoms with Gasteiger partial charge in [-0.2, -0.15) is 4.39 Å². The zero-order valence-electron chi connectivity index (χ0n) is 16.3. The lowest BCUT2D eigenvalue weighted by atomic mass is 9.76. The van der Waals surface area contributed by atoms with Gasteiger partial charge in [-0.05, 0) is 88.7 Å². The molecule has 0 N–H and O–H groups in total. The van der Waals surface area contributed by atoms with E-state index in [1.54, 1.807) is 19.1 Å². The Kier molecular flexibility index (Phi) is 6.72. The Hall–Kier alpha value is -1.65. The van der Waals surface area contributed by atoms with E-state index in [1.165, 1.54) is 0 Å². The number of esters is 1. The molecule has 1 aliphatic heterocycles. The van der Waals surface area contributed by atoms with Gasteiger partial charge in [-0.25, -0.2) is 4.39 Å². The summed E-state index contributed by atoms with van der Waals surface area (Å²) < 4.78 is 39.0. The second-order valence-corrected chi connectivity index (χ2v) is 8.03. The highest BCUT2D eigenvalue weighted by Gasteiger charge is 2.30. The van der Waals surface area contributed by atoms with E-state index in [0.29, 0.717) is 18.1 Å². The summed E-state index contributed by atoms with van der Waals surface area (Å²) in [6.45, 7) is 4.01. The Morgan fingerprint density at radius 1 is 1.04 bits per heavy atom. The van der Waals surface area contributed by atoms with E-state index in [0.717, 1.165) is 51.4 Å². The summed E-state index contributed by atoms with van der Waals surface area (Å²) in [6.07, 6.45) is 7.54. The van der Waals surface area contributed by atoms with Crippen molar-refractivity contribution in [1.29, 1.82) is 0 Å². The summed E-state index contributed by atoms with van der Waals surface area (Å²) in [6, 6.07) is 3.21. The molecule has 0 bridgehead atoms. The van der Waals surface area contributed by atoms with Gasteiger partial charge in [-0.3, -0.25) is 4.79 Å². The molecular weight excluding hydrogens is 350 g/mol. The van der Waals surface area contributed by atoms with Crippen molar-refractivity contribution in [3.05, 3.63) is 29.3 Å². The fourth-order valence-corrected chi connectivity index (χ4v) is 4.50. The molecule has 2 fully saturated rings. The van der Waals surface area contributed by atoms with E-state index in [-0.39, 0.29) is 29.7 Å². The first-order valence-corrected chi connectivity index (χ1v) is 10.3. The molecule has 150 valence electrons. The quantitative estimate of drug-likeness (QED) is 0.589. The second-order valence-electron chi connectivity index (χ2n) is 8.03. The molecule has 1 saturated carbocycles. The number of rotatable bonds is 6. The first kappa shape index (κ1) is 20.1. The normalized spacial score (nSPS) is 28.7. The molecule has 1 saturated heterocycles. The molecule has 0 radical (unpaired) electrons. The third kappa shape index (κ3) is 4.80. The smallest absolute Gasteiger partial charge is 0.309 e. The van der Waals surface area contributed by atoms with Crippen molar-refractivity contribution in [3.8, 4) is 5.75 Å². The van der Waals surface area contributed by atoms with Crippen LogP contribution in [0.4, 0.5) is 8.78 Å². The van der Waals surface area contributed by atoms with Crippen molar-refractivity contribution in [3.63, 3.8) is 0 Å². The lowest BCUT2D eigenvalue weighted by Crippen LogP contribution is -2.29. The van der Waals surface area contributed by atoms with Gasteiger partial charge in [0.25, 0.3) is 0 Å². The number of hydrogen-bond donors (Lipinski definition) is 0. The standard InChI is InChI=1S/C22H30F2O3/c1-3-26-19-13-12-18(20(23)21(19)24)16-9-5-15(6-10-16)7-11-17-8-4-14(2)27-22(17)25/h12-17H,3-11H2,1-2H3. The molecule has 27 heavy (non-hydrogen) atoms. The van der Waals surface area contributed by atoms with Gasteiger partial charge in [0.2, 0.25) is 5.82 Å². The fourth-order valence-electron chi connectivity index (χ4n) is 4.50. The van der Waals surface area contributed by atoms with E-state index in [9.17, 15) is 13.6 Å². The maximum atomic E-state index is 14.4. The Morgan fingerprint density at radius 2 is 1.78 bits per heavy atom. The number of carbonyl (C=O) groups excluding carboxylic acids is 1. The third-order valence-corrected chi connectivity index (χ3v) is 6.16. The van der Waals surface area contributed by atoms with E-state index in [2.05, 4.69) is 0 Å². The van der Waals surface area contributed by atoms with Crippen molar-refractivity contribution < 1.29 is 23.0 Å². The van der Waals surface area contributed by atoms with Crippen LogP contribution in [0.2, 0.25) is 0 Å². The maximum Gasteiger partial charge on any atom is 0.309 e. The molecule has 0 aromatic heterocycles. The minimum Gasteiger partial charge on any atom is -0.491 e. The van der Waals surface area contributed by atoms with Gasteiger partial charge in [0, 0.05) is 0 Å². The lowest BCUT2D eigenvalue weighted by Gasteiger charge is -2.31. The second kappa shape index (κ2) is 9.03. The van der Waals surface area contributed by atoms with Gasteiger partial charge in [0.1, 0.15) is 0 Å². The molecule has 2 aliphatic rings. The largest absolute Gasteiger partial charge is 0.491 e. The average molecular weight is 380 g/mol. The van der Waals surface area contributed by atoms with Crippen LogP contribution in [0.3, 0.4) is 0 Å². The van der Waals surface area contributed by atoms with E-state index in [4.69, 9.17) is 9.47 Å². The molecular formula is C22H30F2O3. The molecule has 5 heteroatoms. The summed E-state index contributed by atoms with van der Waals surface area (Å²) in [4.78, 5) is 11.9. The summed E-state index contributed by atoms with van der Waals surface area (Å²) in [5.74, 6) is -1.03. The number of cyclic esters (lactones) is 1. The molecule has 2 atom stereocenters. The van der Waals surface area contributed by atoms with Crippen LogP contribution in [0.15, 0.2) is 12.1 Å². The first-order chi connectivity index (χ1) is 13.0. The minimum atomic E-state index is -0.874. The molecule has 1 aromatic carbocycles. The molecule has 0 spiro atoms. The lowest BCUT2D eigenvalue weighted by molar-refractivity contribution is -0.159. The maximum absolute atomic E-state index is 14.4. The predicted octanol–water partition coefficient (Wildman–Crippen LogP) is 5.76. The predicted molar refractivity (Wildman–Crippen MR) is 99.7 cm³/mol. The summed E-state index contributed by atoms with van der Waals surface area (Å²) in [5, 5.41) is 0. The van der Waals surface area contributed by atoms with Crippen LogP contribution < -0.4 is 4.74 Å². The molecule has 1 aliphatic carbocycles. The van der Waals surface area contributed by atoms with E-state index in [1.807, 2.05) is 6.92 Å².